The maximum Gasteiger partial charge on any atom is 0.472 e. The van der Waals surface area contributed by atoms with E-state index in [9.17, 15) is 24.2 Å². The Balaban J connectivity index is 4.17. The van der Waals surface area contributed by atoms with E-state index in [4.69, 9.17) is 23.6 Å². The minimum absolute atomic E-state index is 0.171. The van der Waals surface area contributed by atoms with Crippen molar-refractivity contribution >= 4 is 19.8 Å². The van der Waals surface area contributed by atoms with Crippen LogP contribution in [0.5, 0.6) is 0 Å². The predicted octanol–water partition coefficient (Wildman–Crippen LogP) is 14.7. The van der Waals surface area contributed by atoms with E-state index >= 15 is 0 Å². The molecule has 0 aromatic rings. The molecule has 0 radical (unpaired) electrons. The van der Waals surface area contributed by atoms with Crippen LogP contribution in [0.3, 0.4) is 0 Å². The van der Waals surface area contributed by atoms with Crippen LogP contribution in [0, 0.1) is 0 Å². The molecule has 370 valence electrons. The van der Waals surface area contributed by atoms with Gasteiger partial charge in [0.15, 0.2) is 6.10 Å². The highest BCUT2D eigenvalue weighted by atomic mass is 31.2. The molecule has 0 saturated carbocycles. The maximum atomic E-state index is 12.7. The summed E-state index contributed by atoms with van der Waals surface area (Å²) in [4.78, 5) is 35.1. The zero-order valence-corrected chi connectivity index (χ0v) is 41.4. The Morgan fingerprint density at radius 2 is 0.841 bits per heavy atom. The van der Waals surface area contributed by atoms with Gasteiger partial charge in [-0.1, -0.05) is 204 Å². The monoisotopic (exact) mass is 913 g/mol. The van der Waals surface area contributed by atoms with Crippen molar-refractivity contribution in [1.82, 2.24) is 0 Å². The Bertz CT molecular complexity index is 1140. The third-order valence-corrected chi connectivity index (χ3v) is 12.2. The smallest absolute Gasteiger partial charge is 0.462 e. The first-order chi connectivity index (χ1) is 30.7. The summed E-state index contributed by atoms with van der Waals surface area (Å²) >= 11 is 0. The van der Waals surface area contributed by atoms with Crippen LogP contribution in [0.25, 0.3) is 0 Å². The van der Waals surface area contributed by atoms with Gasteiger partial charge in [0.1, 0.15) is 12.7 Å². The Kier molecular flexibility index (Phi) is 46.7. The average molecular weight is 913 g/mol. The van der Waals surface area contributed by atoms with Crippen molar-refractivity contribution in [2.45, 2.75) is 257 Å². The Hall–Kier alpha value is -1.81. The Labute approximate surface area is 386 Å². The van der Waals surface area contributed by atoms with Crippen LogP contribution in [0.2, 0.25) is 0 Å². The van der Waals surface area contributed by atoms with Crippen LogP contribution in [0.15, 0.2) is 36.5 Å². The van der Waals surface area contributed by atoms with Gasteiger partial charge in [0, 0.05) is 12.8 Å². The first kappa shape index (κ1) is 61.2. The molecule has 10 nitrogen and oxygen atoms in total. The highest BCUT2D eigenvalue weighted by Gasteiger charge is 2.27. The van der Waals surface area contributed by atoms with Crippen molar-refractivity contribution in [3.05, 3.63) is 36.5 Å². The summed E-state index contributed by atoms with van der Waals surface area (Å²) in [5, 5.41) is 18.4. The third-order valence-electron chi connectivity index (χ3n) is 11.3. The summed E-state index contributed by atoms with van der Waals surface area (Å²) < 4.78 is 32.8. The molecule has 3 N–H and O–H groups in total. The van der Waals surface area contributed by atoms with Gasteiger partial charge in [-0.15, -0.1) is 0 Å². The normalized spacial score (nSPS) is 13.9. The van der Waals surface area contributed by atoms with Crippen LogP contribution in [-0.2, 0) is 32.7 Å². The second kappa shape index (κ2) is 48.1. The van der Waals surface area contributed by atoms with E-state index in [1.165, 1.54) is 154 Å². The molecule has 0 amide bonds. The molecule has 0 aromatic carbocycles. The number of phosphoric acid groups is 1. The van der Waals surface area contributed by atoms with E-state index in [-0.39, 0.29) is 19.4 Å². The molecule has 3 atom stereocenters. The Morgan fingerprint density at radius 1 is 0.476 bits per heavy atom. The molecule has 1 unspecified atom stereocenters. The van der Waals surface area contributed by atoms with E-state index in [0.717, 1.165) is 51.4 Å². The number of allylic oxidation sites excluding steroid dienone is 6. The number of rotatable bonds is 49. The predicted molar refractivity (Wildman–Crippen MR) is 261 cm³/mol. The van der Waals surface area contributed by atoms with E-state index in [2.05, 4.69) is 50.3 Å². The molecular weight excluding hydrogens is 816 g/mol. The zero-order chi connectivity index (χ0) is 46.2. The fourth-order valence-corrected chi connectivity index (χ4v) is 8.05. The van der Waals surface area contributed by atoms with Gasteiger partial charge in [-0.3, -0.25) is 18.6 Å². The summed E-state index contributed by atoms with van der Waals surface area (Å²) in [6.45, 7) is 2.36. The highest BCUT2D eigenvalue weighted by molar-refractivity contribution is 7.47. The van der Waals surface area contributed by atoms with E-state index in [1.807, 2.05) is 0 Å². The number of unbranched alkanes of at least 4 members (excludes halogenated alkanes) is 29. The zero-order valence-electron chi connectivity index (χ0n) is 40.5. The van der Waals surface area contributed by atoms with Gasteiger partial charge in [-0.2, -0.15) is 0 Å². The third kappa shape index (κ3) is 48.0. The van der Waals surface area contributed by atoms with Crippen LogP contribution in [-0.4, -0.2) is 65.7 Å². The van der Waals surface area contributed by atoms with Gasteiger partial charge >= 0.3 is 19.8 Å². The van der Waals surface area contributed by atoms with Crippen LogP contribution in [0.4, 0.5) is 0 Å². The number of hydrogen-bond donors (Lipinski definition) is 3. The first-order valence-corrected chi connectivity index (χ1v) is 27.4. The van der Waals surface area contributed by atoms with Gasteiger partial charge in [-0.25, -0.2) is 4.57 Å². The van der Waals surface area contributed by atoms with Crippen molar-refractivity contribution in [2.24, 2.45) is 0 Å². The maximum absolute atomic E-state index is 12.7. The second-order valence-electron chi connectivity index (χ2n) is 17.5. The van der Waals surface area contributed by atoms with E-state index in [0.29, 0.717) is 12.8 Å². The van der Waals surface area contributed by atoms with E-state index in [1.54, 1.807) is 0 Å². The summed E-state index contributed by atoms with van der Waals surface area (Å²) in [5.41, 5.74) is 0. The summed E-state index contributed by atoms with van der Waals surface area (Å²) in [6, 6.07) is 0. The SMILES string of the molecule is CCCCC/C=C/C/C=C/CCCCCCCCCC(=O)O[C@@H](COC(=O)CCC/C=C/CCCCCCCCCCCCCCCCCCCC)COP(=O)(O)OC[C@H](O)CO. The topological polar surface area (TPSA) is 149 Å². The van der Waals surface area contributed by atoms with Crippen LogP contribution in [0.1, 0.15) is 245 Å². The Morgan fingerprint density at radius 3 is 1.32 bits per heavy atom. The molecule has 0 fully saturated rings. The molecule has 0 bridgehead atoms. The summed E-state index contributed by atoms with van der Waals surface area (Å²) in [5.74, 6) is -0.963. The number of ether oxygens (including phenoxy) is 2. The standard InChI is InChI=1S/C52H97O10P/c1-3-5-7-9-11-13-15-17-19-21-22-23-24-25-26-28-29-31-33-35-37-39-41-43-51(55)59-47-50(48-61-63(57,58)60-46-49(54)45-53)62-52(56)44-42-40-38-36-34-32-30-27-20-18-16-14-12-10-8-6-4-2/h12,14,18,20,35,37,49-50,53-54H,3-11,13,15-17,19,21-34,36,38-48H2,1-2H3,(H,57,58)/b14-12+,20-18+,37-35+/t49-,50+/m1/s1. The van der Waals surface area contributed by atoms with Gasteiger partial charge in [0.2, 0.25) is 0 Å². The van der Waals surface area contributed by atoms with E-state index < -0.39 is 51.8 Å². The minimum Gasteiger partial charge on any atom is -0.462 e. The molecule has 0 aromatic heterocycles. The van der Waals surface area contributed by atoms with Crippen molar-refractivity contribution in [2.75, 3.05) is 26.4 Å². The largest absolute Gasteiger partial charge is 0.472 e. The lowest BCUT2D eigenvalue weighted by molar-refractivity contribution is -0.161. The number of esters is 2. The lowest BCUT2D eigenvalue weighted by Crippen LogP contribution is -2.29. The number of phosphoric ester groups is 1. The second-order valence-corrected chi connectivity index (χ2v) is 19.0. The minimum atomic E-state index is -4.63. The fraction of sp³-hybridized carbons (Fsp3) is 0.846. The number of carbonyl (C=O) groups is 2. The molecule has 0 heterocycles. The molecule has 0 spiro atoms. The summed E-state index contributed by atoms with van der Waals surface area (Å²) in [7, 11) is -4.63. The lowest BCUT2D eigenvalue weighted by atomic mass is 10.0. The first-order valence-electron chi connectivity index (χ1n) is 25.9. The molecule has 0 rings (SSSR count). The molecule has 0 aliphatic rings. The number of aliphatic hydroxyl groups is 2. The molecular formula is C52H97O10P. The molecule has 0 aliphatic heterocycles. The lowest BCUT2D eigenvalue weighted by Gasteiger charge is -2.20. The van der Waals surface area contributed by atoms with Crippen molar-refractivity contribution in [1.29, 1.82) is 0 Å². The number of carbonyl (C=O) groups excluding carboxylic acids is 2. The van der Waals surface area contributed by atoms with Gasteiger partial charge < -0.3 is 24.6 Å². The number of aliphatic hydroxyl groups excluding tert-OH is 2. The average Bonchev–Trinajstić information content (AvgIpc) is 3.27. The van der Waals surface area contributed by atoms with Gasteiger partial charge in [0.25, 0.3) is 0 Å². The molecule has 0 aliphatic carbocycles. The molecule has 0 saturated heterocycles. The fourth-order valence-electron chi connectivity index (χ4n) is 7.26. The molecule has 63 heavy (non-hydrogen) atoms. The van der Waals surface area contributed by atoms with Crippen LogP contribution >= 0.6 is 7.82 Å². The molecule has 11 heteroatoms. The quantitative estimate of drug-likeness (QED) is 0.0233. The highest BCUT2D eigenvalue weighted by Crippen LogP contribution is 2.43. The van der Waals surface area contributed by atoms with Crippen molar-refractivity contribution in [3.8, 4) is 0 Å². The van der Waals surface area contributed by atoms with Gasteiger partial charge in [0.05, 0.1) is 19.8 Å². The van der Waals surface area contributed by atoms with Crippen molar-refractivity contribution in [3.63, 3.8) is 0 Å². The summed E-state index contributed by atoms with van der Waals surface area (Å²) in [6.07, 6.45) is 52.7. The number of hydrogen-bond acceptors (Lipinski definition) is 9. The van der Waals surface area contributed by atoms with Gasteiger partial charge in [-0.05, 0) is 64.2 Å². The van der Waals surface area contributed by atoms with Crippen molar-refractivity contribution < 1.29 is 47.8 Å². The van der Waals surface area contributed by atoms with Crippen LogP contribution < -0.4 is 0 Å².